The smallest absolute Gasteiger partial charge is 0.124 e. The predicted molar refractivity (Wildman–Crippen MR) is 78.6 cm³/mol. The molecule has 106 valence electrons. The lowest BCUT2D eigenvalue weighted by atomic mass is 9.89. The molecule has 0 spiro atoms. The topological polar surface area (TPSA) is 41.9 Å². The number of fused-ring (bicyclic) bond motifs is 1. The fourth-order valence-corrected chi connectivity index (χ4v) is 3.42. The zero-order chi connectivity index (χ0) is 13.1. The Balaban J connectivity index is 1.76. The molecule has 2 aliphatic rings. The van der Waals surface area contributed by atoms with E-state index >= 15 is 0 Å². The first-order valence-corrected chi connectivity index (χ1v) is 7.91. The number of nitrogens with one attached hydrogen (secondary N) is 2. The molecule has 3 heterocycles. The zero-order valence-electron chi connectivity index (χ0n) is 12.0. The minimum atomic E-state index is 0.597. The van der Waals surface area contributed by atoms with Crippen molar-refractivity contribution in [2.45, 2.75) is 51.5 Å². The van der Waals surface area contributed by atoms with E-state index in [1.165, 1.54) is 50.2 Å². The summed E-state index contributed by atoms with van der Waals surface area (Å²) in [6.07, 6.45) is 7.48. The molecule has 2 unspecified atom stereocenters. The fourth-order valence-electron chi connectivity index (χ4n) is 3.42. The minimum absolute atomic E-state index is 0.597. The SMILES string of the molecule is CCCCc1cc2n(n1)C(C1CCCNC1)CCN2. The molecule has 2 N–H and O–H groups in total. The van der Waals surface area contributed by atoms with Gasteiger partial charge in [0, 0.05) is 12.6 Å². The van der Waals surface area contributed by atoms with Crippen LogP contribution in [0.1, 0.15) is 50.8 Å². The van der Waals surface area contributed by atoms with Crippen molar-refractivity contribution in [2.75, 3.05) is 25.0 Å². The normalized spacial score (nSPS) is 26.8. The molecule has 1 fully saturated rings. The summed E-state index contributed by atoms with van der Waals surface area (Å²) < 4.78 is 2.28. The maximum Gasteiger partial charge on any atom is 0.124 e. The number of hydrogen-bond acceptors (Lipinski definition) is 3. The van der Waals surface area contributed by atoms with Crippen LogP contribution < -0.4 is 10.6 Å². The Morgan fingerprint density at radius 2 is 2.32 bits per heavy atom. The lowest BCUT2D eigenvalue weighted by Gasteiger charge is -2.34. The summed E-state index contributed by atoms with van der Waals surface area (Å²) in [6.45, 7) is 5.69. The Bertz CT molecular complexity index is 406. The van der Waals surface area contributed by atoms with Gasteiger partial charge in [-0.15, -0.1) is 0 Å². The van der Waals surface area contributed by atoms with Crippen molar-refractivity contribution >= 4 is 5.82 Å². The van der Waals surface area contributed by atoms with Gasteiger partial charge in [-0.3, -0.25) is 0 Å². The lowest BCUT2D eigenvalue weighted by molar-refractivity contribution is 0.235. The van der Waals surface area contributed by atoms with Gasteiger partial charge in [0.2, 0.25) is 0 Å². The van der Waals surface area contributed by atoms with Crippen molar-refractivity contribution in [3.05, 3.63) is 11.8 Å². The standard InChI is InChI=1S/C15H26N4/c1-2-3-6-13-10-15-17-9-7-14(19(15)18-13)12-5-4-8-16-11-12/h10,12,14,16-17H,2-9,11H2,1H3. The summed E-state index contributed by atoms with van der Waals surface area (Å²) >= 11 is 0. The van der Waals surface area contributed by atoms with Crippen molar-refractivity contribution in [3.8, 4) is 0 Å². The van der Waals surface area contributed by atoms with E-state index in [0.29, 0.717) is 6.04 Å². The molecular formula is C15H26N4. The van der Waals surface area contributed by atoms with Crippen LogP contribution in [0, 0.1) is 5.92 Å². The summed E-state index contributed by atoms with van der Waals surface area (Å²) in [6, 6.07) is 2.86. The molecule has 19 heavy (non-hydrogen) atoms. The van der Waals surface area contributed by atoms with Crippen molar-refractivity contribution in [1.29, 1.82) is 0 Å². The molecule has 4 heteroatoms. The van der Waals surface area contributed by atoms with Crippen molar-refractivity contribution in [2.24, 2.45) is 5.92 Å². The molecule has 3 rings (SSSR count). The second kappa shape index (κ2) is 5.95. The Morgan fingerprint density at radius 3 is 3.11 bits per heavy atom. The second-order valence-electron chi connectivity index (χ2n) is 5.96. The zero-order valence-corrected chi connectivity index (χ0v) is 12.0. The fraction of sp³-hybridized carbons (Fsp3) is 0.800. The number of anilines is 1. The third-order valence-electron chi connectivity index (χ3n) is 4.51. The van der Waals surface area contributed by atoms with E-state index in [-0.39, 0.29) is 0 Å². The van der Waals surface area contributed by atoms with E-state index < -0.39 is 0 Å². The van der Waals surface area contributed by atoms with E-state index in [9.17, 15) is 0 Å². The van der Waals surface area contributed by atoms with E-state index in [1.807, 2.05) is 0 Å². The summed E-state index contributed by atoms with van der Waals surface area (Å²) in [4.78, 5) is 0. The first kappa shape index (κ1) is 13.0. The van der Waals surface area contributed by atoms with Gasteiger partial charge in [-0.2, -0.15) is 5.10 Å². The molecule has 2 atom stereocenters. The van der Waals surface area contributed by atoms with Gasteiger partial charge in [0.15, 0.2) is 0 Å². The highest BCUT2D eigenvalue weighted by atomic mass is 15.4. The number of piperidine rings is 1. The van der Waals surface area contributed by atoms with E-state index in [1.54, 1.807) is 0 Å². The highest BCUT2D eigenvalue weighted by Crippen LogP contribution is 2.33. The van der Waals surface area contributed by atoms with Crippen LogP contribution in [0.2, 0.25) is 0 Å². The predicted octanol–water partition coefficient (Wildman–Crippen LogP) is 2.58. The van der Waals surface area contributed by atoms with Crippen molar-refractivity contribution < 1.29 is 0 Å². The van der Waals surface area contributed by atoms with Gasteiger partial charge < -0.3 is 10.6 Å². The van der Waals surface area contributed by atoms with E-state index in [0.717, 1.165) is 25.4 Å². The highest BCUT2D eigenvalue weighted by molar-refractivity contribution is 5.39. The molecule has 0 saturated carbocycles. The van der Waals surface area contributed by atoms with Crippen LogP contribution in [0.5, 0.6) is 0 Å². The lowest BCUT2D eigenvalue weighted by Crippen LogP contribution is -2.38. The Kier molecular flexibility index (Phi) is 4.06. The van der Waals surface area contributed by atoms with E-state index in [2.05, 4.69) is 28.3 Å². The van der Waals surface area contributed by atoms with Crippen LogP contribution in [-0.4, -0.2) is 29.4 Å². The van der Waals surface area contributed by atoms with Crippen LogP contribution in [-0.2, 0) is 6.42 Å². The van der Waals surface area contributed by atoms with Gasteiger partial charge in [-0.05, 0) is 51.1 Å². The third kappa shape index (κ3) is 2.78. The quantitative estimate of drug-likeness (QED) is 0.876. The molecule has 1 saturated heterocycles. The molecule has 1 aromatic heterocycles. The number of unbranched alkanes of at least 4 members (excludes halogenated alkanes) is 1. The number of aromatic nitrogens is 2. The largest absolute Gasteiger partial charge is 0.370 e. The number of aryl methyl sites for hydroxylation is 1. The maximum atomic E-state index is 4.87. The minimum Gasteiger partial charge on any atom is -0.370 e. The Morgan fingerprint density at radius 1 is 1.37 bits per heavy atom. The average Bonchev–Trinajstić information content (AvgIpc) is 2.88. The summed E-state index contributed by atoms with van der Waals surface area (Å²) in [5.41, 5.74) is 1.26. The number of hydrogen-bond donors (Lipinski definition) is 2. The molecule has 1 aromatic rings. The van der Waals surface area contributed by atoms with Crippen molar-refractivity contribution in [3.63, 3.8) is 0 Å². The maximum absolute atomic E-state index is 4.87. The van der Waals surface area contributed by atoms with Crippen LogP contribution in [0.15, 0.2) is 6.07 Å². The Labute approximate surface area is 116 Å². The molecule has 0 aliphatic carbocycles. The van der Waals surface area contributed by atoms with Crippen molar-refractivity contribution in [1.82, 2.24) is 15.1 Å². The van der Waals surface area contributed by atoms with Crippen LogP contribution >= 0.6 is 0 Å². The molecule has 0 bridgehead atoms. The van der Waals surface area contributed by atoms with Crippen LogP contribution in [0.4, 0.5) is 5.82 Å². The summed E-state index contributed by atoms with van der Waals surface area (Å²) in [5.74, 6) is 2.00. The molecular weight excluding hydrogens is 236 g/mol. The second-order valence-corrected chi connectivity index (χ2v) is 5.96. The van der Waals surface area contributed by atoms with Gasteiger partial charge in [-0.1, -0.05) is 13.3 Å². The average molecular weight is 262 g/mol. The van der Waals surface area contributed by atoms with E-state index in [4.69, 9.17) is 5.10 Å². The first-order chi connectivity index (χ1) is 9.38. The molecule has 2 aliphatic heterocycles. The monoisotopic (exact) mass is 262 g/mol. The number of nitrogens with zero attached hydrogens (tertiary/aromatic N) is 2. The first-order valence-electron chi connectivity index (χ1n) is 7.91. The summed E-state index contributed by atoms with van der Waals surface area (Å²) in [5, 5.41) is 11.9. The van der Waals surface area contributed by atoms with Gasteiger partial charge in [-0.25, -0.2) is 4.68 Å². The highest BCUT2D eigenvalue weighted by Gasteiger charge is 2.29. The summed E-state index contributed by atoms with van der Waals surface area (Å²) in [7, 11) is 0. The molecule has 0 aromatic carbocycles. The molecule has 0 radical (unpaired) electrons. The Hall–Kier alpha value is -1.03. The van der Waals surface area contributed by atoms with Gasteiger partial charge >= 0.3 is 0 Å². The third-order valence-corrected chi connectivity index (χ3v) is 4.51. The van der Waals surface area contributed by atoms with Gasteiger partial charge in [0.25, 0.3) is 0 Å². The van der Waals surface area contributed by atoms with Crippen LogP contribution in [0.3, 0.4) is 0 Å². The molecule has 4 nitrogen and oxygen atoms in total. The molecule has 0 amide bonds. The van der Waals surface area contributed by atoms with Gasteiger partial charge in [0.05, 0.1) is 11.7 Å². The van der Waals surface area contributed by atoms with Gasteiger partial charge in [0.1, 0.15) is 5.82 Å². The van der Waals surface area contributed by atoms with Crippen LogP contribution in [0.25, 0.3) is 0 Å². The number of rotatable bonds is 4.